The van der Waals surface area contributed by atoms with E-state index in [2.05, 4.69) is 4.98 Å². The number of ketones is 1. The van der Waals surface area contributed by atoms with Crippen molar-refractivity contribution in [2.24, 2.45) is 0 Å². The molecule has 0 aromatic carbocycles. The quantitative estimate of drug-likeness (QED) is 0.440. The van der Waals surface area contributed by atoms with Crippen molar-refractivity contribution in [2.45, 2.75) is 13.5 Å². The van der Waals surface area contributed by atoms with Crippen LogP contribution in [0, 0.1) is 27.2 Å². The Bertz CT molecular complexity index is 497. The van der Waals surface area contributed by atoms with E-state index in [0.717, 1.165) is 4.57 Å². The van der Waals surface area contributed by atoms with Crippen LogP contribution in [0.25, 0.3) is 0 Å². The van der Waals surface area contributed by atoms with Crippen molar-refractivity contribution in [1.82, 2.24) is 9.55 Å². The monoisotopic (exact) mass is 262 g/mol. The summed E-state index contributed by atoms with van der Waals surface area (Å²) in [6.45, 7) is 0.925. The minimum atomic E-state index is -0.965. The summed E-state index contributed by atoms with van der Waals surface area (Å²) in [6.07, 6.45) is 0. The number of halogens is 1. The zero-order valence-electron chi connectivity index (χ0n) is 8.62. The molecule has 0 atom stereocenters. The highest BCUT2D eigenvalue weighted by atomic mass is 35.5. The molecule has 0 aliphatic heterocycles. The molecule has 0 radical (unpaired) electrons. The van der Waals surface area contributed by atoms with E-state index in [1.54, 1.807) is 0 Å². The predicted molar refractivity (Wildman–Crippen MR) is 56.0 cm³/mol. The molecule has 0 unspecified atom stereocenters. The van der Waals surface area contributed by atoms with E-state index in [1.165, 1.54) is 6.92 Å². The third kappa shape index (κ3) is 2.56. The largest absolute Gasteiger partial charge is 0.462 e. The van der Waals surface area contributed by atoms with E-state index in [-0.39, 0.29) is 11.7 Å². The van der Waals surface area contributed by atoms with Gasteiger partial charge in [-0.3, -0.25) is 4.79 Å². The van der Waals surface area contributed by atoms with Crippen molar-refractivity contribution >= 4 is 29.0 Å². The van der Waals surface area contributed by atoms with E-state index in [0.29, 0.717) is 0 Å². The number of hydrogen-bond acceptors (Lipinski definition) is 6. The highest BCUT2D eigenvalue weighted by Crippen LogP contribution is 2.27. The van der Waals surface area contributed by atoms with Crippen LogP contribution in [-0.2, 0) is 11.3 Å². The average molecular weight is 263 g/mol. The van der Waals surface area contributed by atoms with Crippen molar-refractivity contribution < 1.29 is 14.6 Å². The van der Waals surface area contributed by atoms with Crippen molar-refractivity contribution in [1.29, 1.82) is 0 Å². The Morgan fingerprint density at radius 3 is 2.41 bits per heavy atom. The minimum Gasteiger partial charge on any atom is -0.358 e. The number of hydrogen-bond donors (Lipinski definition) is 0. The van der Waals surface area contributed by atoms with Gasteiger partial charge in [-0.05, 0) is 9.85 Å². The molecule has 92 valence electrons. The topological polar surface area (TPSA) is 121 Å². The highest BCUT2D eigenvalue weighted by molar-refractivity contribution is 6.27. The molecule has 0 bridgehead atoms. The van der Waals surface area contributed by atoms with Gasteiger partial charge in [0.25, 0.3) is 0 Å². The molecular weight excluding hydrogens is 256 g/mol. The zero-order chi connectivity index (χ0) is 13.2. The van der Waals surface area contributed by atoms with E-state index >= 15 is 0 Å². The van der Waals surface area contributed by atoms with Crippen molar-refractivity contribution in [3.8, 4) is 0 Å². The molecule has 1 aromatic heterocycles. The van der Waals surface area contributed by atoms with Gasteiger partial charge in [-0.15, -0.1) is 11.6 Å². The number of carbonyl (C=O) groups is 1. The minimum absolute atomic E-state index is 0.0156. The summed E-state index contributed by atoms with van der Waals surface area (Å²) in [5.41, 5.74) is 0. The van der Waals surface area contributed by atoms with Crippen LogP contribution in [0.5, 0.6) is 0 Å². The number of aryl methyl sites for hydroxylation is 1. The van der Waals surface area contributed by atoms with Gasteiger partial charge in [-0.25, -0.2) is 0 Å². The third-order valence-electron chi connectivity index (χ3n) is 1.94. The third-order valence-corrected chi connectivity index (χ3v) is 2.24. The van der Waals surface area contributed by atoms with Crippen LogP contribution in [0.4, 0.5) is 11.6 Å². The van der Waals surface area contributed by atoms with Crippen molar-refractivity contribution in [2.75, 3.05) is 5.88 Å². The molecule has 0 fully saturated rings. The Morgan fingerprint density at radius 1 is 1.41 bits per heavy atom. The van der Waals surface area contributed by atoms with Gasteiger partial charge in [-0.2, -0.15) is 4.57 Å². The van der Waals surface area contributed by atoms with Gasteiger partial charge in [-0.1, -0.05) is 0 Å². The van der Waals surface area contributed by atoms with Crippen LogP contribution >= 0.6 is 11.6 Å². The molecule has 9 nitrogen and oxygen atoms in total. The maximum atomic E-state index is 11.1. The smallest absolute Gasteiger partial charge is 0.358 e. The average Bonchev–Trinajstić information content (AvgIpc) is 2.56. The molecule has 1 rings (SSSR count). The van der Waals surface area contributed by atoms with Gasteiger partial charge in [0.05, 0.1) is 5.88 Å². The summed E-state index contributed by atoms with van der Waals surface area (Å²) in [4.78, 5) is 33.9. The van der Waals surface area contributed by atoms with Crippen LogP contribution in [-0.4, -0.2) is 31.1 Å². The first-order valence-electron chi connectivity index (χ1n) is 4.32. The van der Waals surface area contributed by atoms with Crippen LogP contribution in [0.2, 0.25) is 0 Å². The molecule has 0 spiro atoms. The lowest BCUT2D eigenvalue weighted by molar-refractivity contribution is -0.428. The number of nitrogens with zero attached hydrogens (tertiary/aromatic N) is 4. The molecule has 10 heteroatoms. The summed E-state index contributed by atoms with van der Waals surface area (Å²) < 4.78 is 0.864. The van der Waals surface area contributed by atoms with E-state index in [9.17, 15) is 25.0 Å². The van der Waals surface area contributed by atoms with E-state index in [1.807, 2.05) is 0 Å². The summed E-state index contributed by atoms with van der Waals surface area (Å²) in [6, 6.07) is 0. The van der Waals surface area contributed by atoms with Crippen LogP contribution in [0.1, 0.15) is 5.82 Å². The molecule has 1 heterocycles. The Morgan fingerprint density at radius 2 is 2.00 bits per heavy atom. The molecule has 17 heavy (non-hydrogen) atoms. The van der Waals surface area contributed by atoms with Crippen molar-refractivity contribution in [3.63, 3.8) is 0 Å². The number of carbonyl (C=O) groups excluding carboxylic acids is 1. The predicted octanol–water partition coefficient (Wildman–Crippen LogP) is 0.816. The second kappa shape index (κ2) is 4.87. The number of imidazole rings is 1. The van der Waals surface area contributed by atoms with E-state index < -0.39 is 33.8 Å². The van der Waals surface area contributed by atoms with Gasteiger partial charge in [0, 0.05) is 11.9 Å². The molecule has 0 saturated heterocycles. The normalized spacial score (nSPS) is 10.2. The second-order valence-corrected chi connectivity index (χ2v) is 3.35. The number of aromatic nitrogens is 2. The Kier molecular flexibility index (Phi) is 3.73. The molecule has 0 aliphatic carbocycles. The number of nitro groups is 2. The fourth-order valence-electron chi connectivity index (χ4n) is 1.25. The summed E-state index contributed by atoms with van der Waals surface area (Å²) in [7, 11) is 0. The fraction of sp³-hybridized carbons (Fsp3) is 0.429. The van der Waals surface area contributed by atoms with Crippen LogP contribution in [0.15, 0.2) is 0 Å². The lowest BCUT2D eigenvalue weighted by Crippen LogP contribution is -2.14. The summed E-state index contributed by atoms with van der Waals surface area (Å²) in [5, 5.41) is 21.3. The maximum absolute atomic E-state index is 11.1. The SMILES string of the molecule is Cc1nc([N+](=O)[O-])c([N+](=O)[O-])n1CC(=O)CCl. The van der Waals surface area contributed by atoms with Gasteiger partial charge >= 0.3 is 17.5 Å². The Hall–Kier alpha value is -2.03. The first-order chi connectivity index (χ1) is 7.88. The summed E-state index contributed by atoms with van der Waals surface area (Å²) in [5.74, 6) is -2.50. The van der Waals surface area contributed by atoms with Gasteiger partial charge in [0.1, 0.15) is 0 Å². The first-order valence-corrected chi connectivity index (χ1v) is 4.85. The molecular formula is C7H7ClN4O5. The number of Topliss-reactive ketones (excluding diaryl/α,β-unsaturated/α-hetero) is 1. The lowest BCUT2D eigenvalue weighted by Gasteiger charge is -1.98. The maximum Gasteiger partial charge on any atom is 0.462 e. The fourth-order valence-corrected chi connectivity index (χ4v) is 1.33. The van der Waals surface area contributed by atoms with Gasteiger partial charge in [0.15, 0.2) is 12.3 Å². The molecule has 0 saturated carbocycles. The molecule has 0 amide bonds. The number of rotatable bonds is 5. The molecule has 1 aromatic rings. The standard InChI is InChI=1S/C7H7ClN4O5/c1-4-9-6(11(14)15)7(12(16)17)10(4)3-5(13)2-8/h2-3H2,1H3. The van der Waals surface area contributed by atoms with Gasteiger partial charge in [0.2, 0.25) is 0 Å². The van der Waals surface area contributed by atoms with Gasteiger partial charge < -0.3 is 20.2 Å². The lowest BCUT2D eigenvalue weighted by atomic mass is 10.4. The molecule has 0 aliphatic rings. The summed E-state index contributed by atoms with van der Waals surface area (Å²) >= 11 is 5.27. The Labute approximate surface area is 99.3 Å². The van der Waals surface area contributed by atoms with Crippen LogP contribution < -0.4 is 0 Å². The highest BCUT2D eigenvalue weighted by Gasteiger charge is 2.36. The molecule has 0 N–H and O–H groups in total. The zero-order valence-corrected chi connectivity index (χ0v) is 9.38. The van der Waals surface area contributed by atoms with Crippen molar-refractivity contribution in [3.05, 3.63) is 26.1 Å². The second-order valence-electron chi connectivity index (χ2n) is 3.08. The van der Waals surface area contributed by atoms with E-state index in [4.69, 9.17) is 11.6 Å². The Balaban J connectivity index is 3.33. The van der Waals surface area contributed by atoms with Crippen LogP contribution in [0.3, 0.4) is 0 Å². The first kappa shape index (κ1) is 13.0. The number of alkyl halides is 1.